The normalized spacial score (nSPS) is 12.5. The monoisotopic (exact) mass is 217 g/mol. The third kappa shape index (κ3) is 2.08. The van der Waals surface area contributed by atoms with Crippen molar-refractivity contribution in [3.63, 3.8) is 0 Å². The number of hydrogen-bond donors (Lipinski definition) is 0. The van der Waals surface area contributed by atoms with Crippen LogP contribution in [0.1, 0.15) is 13.2 Å². The summed E-state index contributed by atoms with van der Waals surface area (Å²) < 4.78 is 7.46. The van der Waals surface area contributed by atoms with Gasteiger partial charge in [0.25, 0.3) is 6.47 Å². The Morgan fingerprint density at radius 1 is 1.82 bits per heavy atom. The van der Waals surface area contributed by atoms with Crippen molar-refractivity contribution >= 4 is 22.4 Å². The summed E-state index contributed by atoms with van der Waals surface area (Å²) in [5, 5.41) is 0. The molecular weight excluding hydrogens is 210 g/mol. The molecule has 1 unspecified atom stereocenters. The van der Waals surface area contributed by atoms with Crippen LogP contribution < -0.4 is 0 Å². The zero-order chi connectivity index (χ0) is 8.27. The van der Waals surface area contributed by atoms with Crippen molar-refractivity contribution in [3.8, 4) is 0 Å². The summed E-state index contributed by atoms with van der Waals surface area (Å²) in [4.78, 5) is 9.95. The number of carbonyl (C=O) groups is 1. The molecule has 3 nitrogen and oxygen atoms in total. The molecule has 0 amide bonds. The molecule has 0 aliphatic rings. The first kappa shape index (κ1) is 8.33. The molecule has 0 bridgehead atoms. The summed E-state index contributed by atoms with van der Waals surface area (Å²) in [6.45, 7) is 2.24. The molecule has 0 spiro atoms. The molecule has 1 aromatic heterocycles. The number of ether oxygens (including phenoxy) is 1. The summed E-state index contributed by atoms with van der Waals surface area (Å²) in [5.74, 6) is 0. The first-order valence-electron chi connectivity index (χ1n) is 3.16. The molecule has 0 aliphatic carbocycles. The number of nitrogens with zero attached hydrogens (tertiary/aromatic N) is 1. The van der Waals surface area contributed by atoms with Gasteiger partial charge in [-0.2, -0.15) is 0 Å². The van der Waals surface area contributed by atoms with E-state index in [9.17, 15) is 4.79 Å². The molecule has 1 aromatic rings. The van der Waals surface area contributed by atoms with Gasteiger partial charge >= 0.3 is 0 Å². The highest BCUT2D eigenvalue weighted by atomic mass is 79.9. The van der Waals surface area contributed by atoms with E-state index in [1.807, 2.05) is 18.5 Å². The molecule has 11 heavy (non-hydrogen) atoms. The Labute approximate surface area is 73.1 Å². The second kappa shape index (κ2) is 3.57. The molecule has 60 valence electrons. The van der Waals surface area contributed by atoms with E-state index in [0.717, 1.165) is 4.47 Å². The predicted molar refractivity (Wildman–Crippen MR) is 44.0 cm³/mol. The molecular formula is C7H8BrNO2. The number of rotatable bonds is 3. The fraction of sp³-hybridized carbons (Fsp3) is 0.286. The van der Waals surface area contributed by atoms with Crippen LogP contribution in [0.25, 0.3) is 0 Å². The molecule has 0 aromatic carbocycles. The molecule has 0 fully saturated rings. The first-order valence-corrected chi connectivity index (χ1v) is 3.95. The smallest absolute Gasteiger partial charge is 0.295 e. The highest BCUT2D eigenvalue weighted by molar-refractivity contribution is 9.10. The molecule has 0 aliphatic heterocycles. The largest absolute Gasteiger partial charge is 0.444 e. The third-order valence-corrected chi connectivity index (χ3v) is 1.82. The van der Waals surface area contributed by atoms with Gasteiger partial charge in [0.2, 0.25) is 0 Å². The standard InChI is InChI=1S/C7H8BrNO2/c1-6(11-5-10)9-3-2-7(8)4-9/h2-6H,1H3. The SMILES string of the molecule is CC(OC=O)n1ccc(Br)c1. The van der Waals surface area contributed by atoms with E-state index in [4.69, 9.17) is 4.74 Å². The average molecular weight is 218 g/mol. The van der Waals surface area contributed by atoms with Gasteiger partial charge in [0.1, 0.15) is 0 Å². The van der Waals surface area contributed by atoms with Crippen molar-refractivity contribution < 1.29 is 9.53 Å². The first-order chi connectivity index (χ1) is 5.24. The van der Waals surface area contributed by atoms with Gasteiger partial charge in [-0.15, -0.1) is 0 Å². The Hall–Kier alpha value is -0.770. The molecule has 1 atom stereocenters. The molecule has 1 rings (SSSR count). The van der Waals surface area contributed by atoms with E-state index in [1.54, 1.807) is 11.5 Å². The molecule has 1 heterocycles. The maximum atomic E-state index is 9.95. The molecule has 0 saturated carbocycles. The lowest BCUT2D eigenvalue weighted by atomic mass is 10.6. The van der Waals surface area contributed by atoms with E-state index in [-0.39, 0.29) is 6.23 Å². The highest BCUT2D eigenvalue weighted by Gasteiger charge is 2.02. The quantitative estimate of drug-likeness (QED) is 0.726. The topological polar surface area (TPSA) is 31.2 Å². The third-order valence-electron chi connectivity index (χ3n) is 1.35. The van der Waals surface area contributed by atoms with Crippen LogP contribution in [0.4, 0.5) is 0 Å². The van der Waals surface area contributed by atoms with Crippen LogP contribution in [-0.2, 0) is 9.53 Å². The van der Waals surface area contributed by atoms with Gasteiger partial charge in [-0.3, -0.25) is 4.79 Å². The fourth-order valence-electron chi connectivity index (χ4n) is 0.763. The number of hydrogen-bond acceptors (Lipinski definition) is 2. The Bertz CT molecular complexity index is 246. The fourth-order valence-corrected chi connectivity index (χ4v) is 1.12. The van der Waals surface area contributed by atoms with Crippen molar-refractivity contribution in [1.29, 1.82) is 0 Å². The van der Waals surface area contributed by atoms with Crippen LogP contribution in [0.2, 0.25) is 0 Å². The lowest BCUT2D eigenvalue weighted by Gasteiger charge is -2.09. The van der Waals surface area contributed by atoms with Crippen LogP contribution in [-0.4, -0.2) is 11.0 Å². The minimum Gasteiger partial charge on any atom is -0.444 e. The minimum absolute atomic E-state index is 0.237. The average Bonchev–Trinajstić information content (AvgIpc) is 2.36. The van der Waals surface area contributed by atoms with Gasteiger partial charge < -0.3 is 9.30 Å². The summed E-state index contributed by atoms with van der Waals surface area (Å²) >= 11 is 3.29. The van der Waals surface area contributed by atoms with Crippen LogP contribution in [0.5, 0.6) is 0 Å². The summed E-state index contributed by atoms with van der Waals surface area (Å²) in [6.07, 6.45) is 3.44. The number of carbonyl (C=O) groups excluding carboxylic acids is 1. The van der Waals surface area contributed by atoms with Crippen molar-refractivity contribution in [2.24, 2.45) is 0 Å². The van der Waals surface area contributed by atoms with Crippen LogP contribution in [0, 0.1) is 0 Å². The zero-order valence-electron chi connectivity index (χ0n) is 6.03. The predicted octanol–water partition coefficient (Wildman–Crippen LogP) is 1.94. The Balaban J connectivity index is 2.67. The van der Waals surface area contributed by atoms with Gasteiger partial charge in [-0.1, -0.05) is 0 Å². The minimum atomic E-state index is -0.237. The van der Waals surface area contributed by atoms with Crippen LogP contribution >= 0.6 is 15.9 Å². The van der Waals surface area contributed by atoms with E-state index >= 15 is 0 Å². The molecule has 0 radical (unpaired) electrons. The van der Waals surface area contributed by atoms with Crippen molar-refractivity contribution in [2.75, 3.05) is 0 Å². The van der Waals surface area contributed by atoms with Crippen LogP contribution in [0.3, 0.4) is 0 Å². The van der Waals surface area contributed by atoms with Gasteiger partial charge in [0, 0.05) is 16.9 Å². The van der Waals surface area contributed by atoms with Crippen molar-refractivity contribution in [2.45, 2.75) is 13.2 Å². The summed E-state index contributed by atoms with van der Waals surface area (Å²) in [7, 11) is 0. The van der Waals surface area contributed by atoms with Gasteiger partial charge in [-0.05, 0) is 28.9 Å². The highest BCUT2D eigenvalue weighted by Crippen LogP contribution is 2.14. The van der Waals surface area contributed by atoms with Crippen LogP contribution in [0.15, 0.2) is 22.9 Å². The Morgan fingerprint density at radius 3 is 3.00 bits per heavy atom. The van der Waals surface area contributed by atoms with E-state index < -0.39 is 0 Å². The second-order valence-corrected chi connectivity index (χ2v) is 3.02. The number of aromatic nitrogens is 1. The van der Waals surface area contributed by atoms with Gasteiger partial charge in [-0.25, -0.2) is 0 Å². The zero-order valence-corrected chi connectivity index (χ0v) is 7.61. The number of halogens is 1. The maximum absolute atomic E-state index is 9.95. The summed E-state index contributed by atoms with van der Waals surface area (Å²) in [5.41, 5.74) is 0. The Morgan fingerprint density at radius 2 is 2.55 bits per heavy atom. The van der Waals surface area contributed by atoms with E-state index in [1.165, 1.54) is 0 Å². The lowest BCUT2D eigenvalue weighted by Crippen LogP contribution is -2.05. The second-order valence-electron chi connectivity index (χ2n) is 2.11. The maximum Gasteiger partial charge on any atom is 0.295 e. The van der Waals surface area contributed by atoms with E-state index in [2.05, 4.69) is 15.9 Å². The molecule has 4 heteroatoms. The Kier molecular flexibility index (Phi) is 2.70. The molecule has 0 saturated heterocycles. The van der Waals surface area contributed by atoms with E-state index in [0.29, 0.717) is 6.47 Å². The van der Waals surface area contributed by atoms with Crippen molar-refractivity contribution in [1.82, 2.24) is 4.57 Å². The molecule has 0 N–H and O–H groups in total. The summed E-state index contributed by atoms with van der Waals surface area (Å²) in [6, 6.07) is 1.88. The van der Waals surface area contributed by atoms with Gasteiger partial charge in [0.15, 0.2) is 6.23 Å². The van der Waals surface area contributed by atoms with Gasteiger partial charge in [0.05, 0.1) is 0 Å². The van der Waals surface area contributed by atoms with Crippen molar-refractivity contribution in [3.05, 3.63) is 22.9 Å². The lowest BCUT2D eigenvalue weighted by molar-refractivity contribution is -0.136.